The lowest BCUT2D eigenvalue weighted by Gasteiger charge is -2.10. The number of hydrogen-bond acceptors (Lipinski definition) is 3. The molecule has 0 aliphatic carbocycles. The van der Waals surface area contributed by atoms with Gasteiger partial charge in [-0.3, -0.25) is 0 Å². The van der Waals surface area contributed by atoms with E-state index in [-0.39, 0.29) is 12.4 Å². The van der Waals surface area contributed by atoms with Crippen molar-refractivity contribution in [1.29, 1.82) is 0 Å². The second-order valence-electron chi connectivity index (χ2n) is 3.87. The Morgan fingerprint density at radius 2 is 2.00 bits per heavy atom. The number of thiophene rings is 1. The van der Waals surface area contributed by atoms with Crippen LogP contribution in [0.25, 0.3) is 10.4 Å². The van der Waals surface area contributed by atoms with Crippen LogP contribution in [0.5, 0.6) is 5.75 Å². The average Bonchev–Trinajstić information content (AvgIpc) is 2.76. The zero-order chi connectivity index (χ0) is 12.3. The highest BCUT2D eigenvalue weighted by Crippen LogP contribution is 2.31. The molecule has 4 heteroatoms. The van der Waals surface area contributed by atoms with Gasteiger partial charge in [0, 0.05) is 21.9 Å². The molecule has 0 spiro atoms. The van der Waals surface area contributed by atoms with E-state index in [4.69, 9.17) is 10.5 Å². The zero-order valence-corrected chi connectivity index (χ0v) is 12.2. The van der Waals surface area contributed by atoms with Gasteiger partial charge in [0.2, 0.25) is 0 Å². The van der Waals surface area contributed by atoms with Gasteiger partial charge in [-0.25, -0.2) is 0 Å². The second kappa shape index (κ2) is 6.78. The second-order valence-corrected chi connectivity index (χ2v) is 5.16. The average molecular weight is 284 g/mol. The van der Waals surface area contributed by atoms with E-state index in [2.05, 4.69) is 37.3 Å². The molecule has 0 bridgehead atoms. The number of nitrogens with two attached hydrogens (primary N) is 1. The molecule has 0 unspecified atom stereocenters. The van der Waals surface area contributed by atoms with Gasteiger partial charge >= 0.3 is 0 Å². The predicted octanol–water partition coefficient (Wildman–Crippen LogP) is 4.00. The molecule has 0 atom stereocenters. The van der Waals surface area contributed by atoms with E-state index in [1.807, 2.05) is 6.92 Å². The highest BCUT2D eigenvalue weighted by Gasteiger charge is 2.06. The summed E-state index contributed by atoms with van der Waals surface area (Å²) in [5.41, 5.74) is 7.95. The molecule has 1 heterocycles. The fourth-order valence-electron chi connectivity index (χ4n) is 1.76. The maximum absolute atomic E-state index is 5.70. The van der Waals surface area contributed by atoms with Crippen molar-refractivity contribution >= 4 is 23.7 Å². The van der Waals surface area contributed by atoms with Crippen molar-refractivity contribution in [3.63, 3.8) is 0 Å². The van der Waals surface area contributed by atoms with Crippen molar-refractivity contribution < 1.29 is 4.74 Å². The molecule has 18 heavy (non-hydrogen) atoms. The Morgan fingerprint density at radius 1 is 1.22 bits per heavy atom. The van der Waals surface area contributed by atoms with Crippen LogP contribution in [0.4, 0.5) is 0 Å². The smallest absolute Gasteiger partial charge is 0.124 e. The minimum Gasteiger partial charge on any atom is -0.494 e. The van der Waals surface area contributed by atoms with E-state index in [0.29, 0.717) is 13.2 Å². The van der Waals surface area contributed by atoms with Gasteiger partial charge in [-0.2, -0.15) is 0 Å². The third-order valence-corrected chi connectivity index (χ3v) is 3.66. The van der Waals surface area contributed by atoms with Gasteiger partial charge in [0.15, 0.2) is 0 Å². The van der Waals surface area contributed by atoms with E-state index in [9.17, 15) is 0 Å². The summed E-state index contributed by atoms with van der Waals surface area (Å²) in [6.45, 7) is 5.28. The number of rotatable bonds is 4. The summed E-state index contributed by atoms with van der Waals surface area (Å²) in [4.78, 5) is 2.59. The molecule has 0 aliphatic rings. The Morgan fingerprint density at radius 3 is 2.56 bits per heavy atom. The first-order valence-corrected chi connectivity index (χ1v) is 6.59. The SMILES string of the molecule is CCOc1cc(-c2ccc(C)s2)ccc1CN.Cl. The lowest BCUT2D eigenvalue weighted by molar-refractivity contribution is 0.337. The van der Waals surface area contributed by atoms with Crippen molar-refractivity contribution in [1.82, 2.24) is 0 Å². The van der Waals surface area contributed by atoms with Crippen molar-refractivity contribution in [2.75, 3.05) is 6.61 Å². The lowest BCUT2D eigenvalue weighted by atomic mass is 10.1. The summed E-state index contributed by atoms with van der Waals surface area (Å²) in [5.74, 6) is 0.901. The van der Waals surface area contributed by atoms with Crippen LogP contribution < -0.4 is 10.5 Å². The Bertz CT molecular complexity index is 510. The third kappa shape index (κ3) is 3.25. The molecule has 0 saturated heterocycles. The van der Waals surface area contributed by atoms with Gasteiger partial charge in [-0.1, -0.05) is 12.1 Å². The van der Waals surface area contributed by atoms with Crippen molar-refractivity contribution in [2.45, 2.75) is 20.4 Å². The summed E-state index contributed by atoms with van der Waals surface area (Å²) in [5, 5.41) is 0. The number of hydrogen-bond donors (Lipinski definition) is 1. The highest BCUT2D eigenvalue weighted by atomic mass is 35.5. The monoisotopic (exact) mass is 283 g/mol. The maximum atomic E-state index is 5.70. The topological polar surface area (TPSA) is 35.2 Å². The molecule has 2 aromatic rings. The van der Waals surface area contributed by atoms with Gasteiger partial charge < -0.3 is 10.5 Å². The van der Waals surface area contributed by atoms with E-state index < -0.39 is 0 Å². The molecule has 2 rings (SSSR count). The molecular weight excluding hydrogens is 266 g/mol. The Balaban J connectivity index is 0.00000162. The van der Waals surface area contributed by atoms with Crippen molar-refractivity contribution in [3.8, 4) is 16.2 Å². The van der Waals surface area contributed by atoms with Crippen LogP contribution in [0.2, 0.25) is 0 Å². The largest absolute Gasteiger partial charge is 0.494 e. The molecule has 1 aromatic carbocycles. The lowest BCUT2D eigenvalue weighted by Crippen LogP contribution is -2.02. The molecule has 0 fully saturated rings. The van der Waals surface area contributed by atoms with E-state index >= 15 is 0 Å². The van der Waals surface area contributed by atoms with E-state index in [1.54, 1.807) is 11.3 Å². The first-order valence-electron chi connectivity index (χ1n) is 5.77. The minimum absolute atomic E-state index is 0. The van der Waals surface area contributed by atoms with E-state index in [1.165, 1.54) is 15.3 Å². The van der Waals surface area contributed by atoms with Gasteiger partial charge in [0.05, 0.1) is 6.61 Å². The van der Waals surface area contributed by atoms with Gasteiger partial charge in [-0.15, -0.1) is 23.7 Å². The number of benzene rings is 1. The molecule has 1 aromatic heterocycles. The molecule has 0 saturated carbocycles. The molecular formula is C14H18ClNOS. The van der Waals surface area contributed by atoms with Crippen molar-refractivity contribution in [3.05, 3.63) is 40.8 Å². The Hall–Kier alpha value is -1.03. The fourth-order valence-corrected chi connectivity index (χ4v) is 2.62. The summed E-state index contributed by atoms with van der Waals surface area (Å²) in [6.07, 6.45) is 0. The quantitative estimate of drug-likeness (QED) is 0.920. The molecule has 2 nitrogen and oxygen atoms in total. The van der Waals surface area contributed by atoms with Crippen LogP contribution in [0, 0.1) is 6.92 Å². The Kier molecular flexibility index (Phi) is 5.66. The highest BCUT2D eigenvalue weighted by molar-refractivity contribution is 7.15. The summed E-state index contributed by atoms with van der Waals surface area (Å²) in [6, 6.07) is 10.5. The number of aryl methyl sites for hydroxylation is 1. The van der Waals surface area contributed by atoms with Gasteiger partial charge in [0.25, 0.3) is 0 Å². The fraction of sp³-hybridized carbons (Fsp3) is 0.286. The van der Waals surface area contributed by atoms with Crippen LogP contribution in [0.1, 0.15) is 17.4 Å². The van der Waals surface area contributed by atoms with Gasteiger partial charge in [-0.05, 0) is 37.6 Å². The van der Waals surface area contributed by atoms with E-state index in [0.717, 1.165) is 11.3 Å². The van der Waals surface area contributed by atoms with Crippen LogP contribution in [0.15, 0.2) is 30.3 Å². The predicted molar refractivity (Wildman–Crippen MR) is 80.8 cm³/mol. The summed E-state index contributed by atoms with van der Waals surface area (Å²) in [7, 11) is 0. The summed E-state index contributed by atoms with van der Waals surface area (Å²) >= 11 is 1.79. The first-order chi connectivity index (χ1) is 8.24. The minimum atomic E-state index is 0. The van der Waals surface area contributed by atoms with Gasteiger partial charge in [0.1, 0.15) is 5.75 Å². The molecule has 98 valence electrons. The standard InChI is InChI=1S/C14H17NOS.ClH/c1-3-16-13-8-11(5-6-12(13)9-15)14-7-4-10(2)17-14;/h4-8H,3,9,15H2,1-2H3;1H. The van der Waals surface area contributed by atoms with Crippen LogP contribution in [0.3, 0.4) is 0 Å². The summed E-state index contributed by atoms with van der Waals surface area (Å²) < 4.78 is 5.62. The normalized spacial score (nSPS) is 9.94. The molecule has 0 aliphatic heterocycles. The van der Waals surface area contributed by atoms with Crippen molar-refractivity contribution in [2.24, 2.45) is 5.73 Å². The first kappa shape index (κ1) is 15.0. The maximum Gasteiger partial charge on any atom is 0.124 e. The number of halogens is 1. The van der Waals surface area contributed by atoms with Crippen LogP contribution >= 0.6 is 23.7 Å². The Labute approximate surface area is 118 Å². The zero-order valence-electron chi connectivity index (χ0n) is 10.6. The number of ether oxygens (including phenoxy) is 1. The van der Waals surface area contributed by atoms with Crippen LogP contribution in [-0.2, 0) is 6.54 Å². The van der Waals surface area contributed by atoms with Crippen LogP contribution in [-0.4, -0.2) is 6.61 Å². The third-order valence-electron chi connectivity index (χ3n) is 2.61. The molecule has 2 N–H and O–H groups in total. The molecule has 0 amide bonds. The molecule has 0 radical (unpaired) electrons.